The van der Waals surface area contributed by atoms with Gasteiger partial charge in [0.05, 0.1) is 6.42 Å². The molecule has 0 aliphatic rings. The van der Waals surface area contributed by atoms with Gasteiger partial charge in [0.2, 0.25) is 0 Å². The molecule has 1 heterocycles. The molecule has 0 spiro atoms. The monoisotopic (exact) mass is 289 g/mol. The van der Waals surface area contributed by atoms with Gasteiger partial charge in [0.1, 0.15) is 0 Å². The summed E-state index contributed by atoms with van der Waals surface area (Å²) in [4.78, 5) is 12.2. The topological polar surface area (TPSA) is 49.3 Å². The van der Waals surface area contributed by atoms with Gasteiger partial charge in [0.15, 0.2) is 0 Å². The van der Waals surface area contributed by atoms with Crippen molar-refractivity contribution in [3.05, 3.63) is 57.3 Å². The lowest BCUT2D eigenvalue weighted by Crippen LogP contribution is -2.15. The van der Waals surface area contributed by atoms with Gasteiger partial charge in [0, 0.05) is 18.0 Å². The first-order chi connectivity index (χ1) is 9.70. The lowest BCUT2D eigenvalue weighted by molar-refractivity contribution is -0.136. The summed E-state index contributed by atoms with van der Waals surface area (Å²) in [6.45, 7) is 3.69. The zero-order chi connectivity index (χ0) is 14.4. The van der Waals surface area contributed by atoms with E-state index in [1.807, 2.05) is 24.3 Å². The third-order valence-corrected chi connectivity index (χ3v) is 4.24. The van der Waals surface area contributed by atoms with Gasteiger partial charge in [-0.15, -0.1) is 11.3 Å². The summed E-state index contributed by atoms with van der Waals surface area (Å²) in [5, 5.41) is 14.4. The molecule has 1 aromatic carbocycles. The molecule has 2 N–H and O–H groups in total. The number of carboxylic acids is 1. The van der Waals surface area contributed by atoms with Crippen molar-refractivity contribution >= 4 is 17.3 Å². The zero-order valence-electron chi connectivity index (χ0n) is 11.6. The predicted molar refractivity (Wildman–Crippen MR) is 82.0 cm³/mol. The van der Waals surface area contributed by atoms with E-state index in [9.17, 15) is 4.79 Å². The van der Waals surface area contributed by atoms with E-state index in [2.05, 4.69) is 23.7 Å². The fourth-order valence-electron chi connectivity index (χ4n) is 2.21. The van der Waals surface area contributed by atoms with Crippen LogP contribution in [-0.2, 0) is 30.7 Å². The number of benzene rings is 1. The normalized spacial score (nSPS) is 10.7. The second kappa shape index (κ2) is 7.22. The van der Waals surface area contributed by atoms with Crippen molar-refractivity contribution in [1.29, 1.82) is 0 Å². The van der Waals surface area contributed by atoms with E-state index in [1.54, 1.807) is 11.3 Å². The highest BCUT2D eigenvalue weighted by molar-refractivity contribution is 7.10. The molecule has 0 amide bonds. The van der Waals surface area contributed by atoms with E-state index < -0.39 is 5.97 Å². The quantitative estimate of drug-likeness (QED) is 0.823. The first kappa shape index (κ1) is 14.8. The van der Waals surface area contributed by atoms with Gasteiger partial charge in [-0.1, -0.05) is 31.2 Å². The molecule has 3 nitrogen and oxygen atoms in total. The van der Waals surface area contributed by atoms with Gasteiger partial charge in [-0.3, -0.25) is 4.79 Å². The van der Waals surface area contributed by atoms with E-state index in [0.29, 0.717) is 6.54 Å². The molecular formula is C16H19NO2S. The Morgan fingerprint density at radius 2 is 1.90 bits per heavy atom. The largest absolute Gasteiger partial charge is 0.481 e. The minimum absolute atomic E-state index is 0.0804. The molecule has 0 aliphatic heterocycles. The molecule has 0 unspecified atom stereocenters. The van der Waals surface area contributed by atoms with Crippen molar-refractivity contribution in [3.63, 3.8) is 0 Å². The first-order valence-electron chi connectivity index (χ1n) is 6.75. The number of hydrogen-bond acceptors (Lipinski definition) is 3. The molecule has 20 heavy (non-hydrogen) atoms. The summed E-state index contributed by atoms with van der Waals surface area (Å²) >= 11 is 1.77. The lowest BCUT2D eigenvalue weighted by Gasteiger charge is -2.09. The molecular weight excluding hydrogens is 270 g/mol. The number of nitrogens with one attached hydrogen (secondary N) is 1. The van der Waals surface area contributed by atoms with Crippen molar-refractivity contribution in [2.45, 2.75) is 32.9 Å². The zero-order valence-corrected chi connectivity index (χ0v) is 12.4. The number of rotatable bonds is 7. The van der Waals surface area contributed by atoms with Crippen LogP contribution >= 0.6 is 11.3 Å². The molecule has 4 heteroatoms. The summed E-state index contributed by atoms with van der Waals surface area (Å²) < 4.78 is 0. The van der Waals surface area contributed by atoms with Gasteiger partial charge in [-0.25, -0.2) is 0 Å². The first-order valence-corrected chi connectivity index (χ1v) is 7.63. The Morgan fingerprint density at radius 1 is 1.15 bits per heavy atom. The lowest BCUT2D eigenvalue weighted by atomic mass is 10.0. The molecule has 0 saturated carbocycles. The van der Waals surface area contributed by atoms with Crippen LogP contribution in [0.2, 0.25) is 0 Å². The Kier molecular flexibility index (Phi) is 5.32. The Morgan fingerprint density at radius 3 is 2.60 bits per heavy atom. The fourth-order valence-corrected chi connectivity index (χ4v) is 3.16. The molecule has 2 rings (SSSR count). The molecule has 0 fully saturated rings. The third kappa shape index (κ3) is 3.92. The standard InChI is InChI=1S/C16H19NO2S/c1-2-12-7-8-20-15(12)11-17-10-14-6-4-3-5-13(14)9-16(18)19/h3-8,17H,2,9-11H2,1H3,(H,18,19). The minimum atomic E-state index is -0.788. The molecule has 1 aromatic heterocycles. The van der Waals surface area contributed by atoms with Crippen molar-refractivity contribution in [2.24, 2.45) is 0 Å². The average molecular weight is 289 g/mol. The van der Waals surface area contributed by atoms with Crippen LogP contribution in [0.1, 0.15) is 28.5 Å². The summed E-state index contributed by atoms with van der Waals surface area (Å²) in [5.74, 6) is -0.788. The number of aliphatic carboxylic acids is 1. The van der Waals surface area contributed by atoms with Crippen molar-refractivity contribution in [2.75, 3.05) is 0 Å². The molecule has 0 saturated heterocycles. The number of aryl methyl sites for hydroxylation is 1. The maximum atomic E-state index is 10.8. The van der Waals surface area contributed by atoms with Crippen LogP contribution < -0.4 is 5.32 Å². The van der Waals surface area contributed by atoms with Gasteiger partial charge in [-0.05, 0) is 34.6 Å². The Hall–Kier alpha value is -1.65. The Labute approximate surface area is 123 Å². The smallest absolute Gasteiger partial charge is 0.307 e. The van der Waals surface area contributed by atoms with Crippen LogP contribution in [0, 0.1) is 0 Å². The van der Waals surface area contributed by atoms with E-state index in [1.165, 1.54) is 10.4 Å². The van der Waals surface area contributed by atoms with Crippen LogP contribution in [-0.4, -0.2) is 11.1 Å². The Bertz CT molecular complexity index is 577. The fraction of sp³-hybridized carbons (Fsp3) is 0.312. The molecule has 0 aliphatic carbocycles. The Balaban J connectivity index is 1.95. The van der Waals surface area contributed by atoms with Gasteiger partial charge in [-0.2, -0.15) is 0 Å². The molecule has 0 radical (unpaired) electrons. The van der Waals surface area contributed by atoms with Crippen LogP contribution in [0.5, 0.6) is 0 Å². The number of hydrogen-bond donors (Lipinski definition) is 2. The summed E-state index contributed by atoms with van der Waals surface area (Å²) in [6, 6.07) is 9.87. The highest BCUT2D eigenvalue weighted by atomic mass is 32.1. The highest BCUT2D eigenvalue weighted by Gasteiger charge is 2.07. The summed E-state index contributed by atoms with van der Waals surface area (Å²) in [7, 11) is 0. The second-order valence-electron chi connectivity index (χ2n) is 4.67. The van der Waals surface area contributed by atoms with Crippen LogP contribution in [0.25, 0.3) is 0 Å². The summed E-state index contributed by atoms with van der Waals surface area (Å²) in [5.41, 5.74) is 3.33. The van der Waals surface area contributed by atoms with Crippen LogP contribution in [0.3, 0.4) is 0 Å². The van der Waals surface area contributed by atoms with E-state index in [4.69, 9.17) is 5.11 Å². The molecule has 106 valence electrons. The highest BCUT2D eigenvalue weighted by Crippen LogP contribution is 2.17. The molecule has 0 bridgehead atoms. The van der Waals surface area contributed by atoms with Crippen LogP contribution in [0.15, 0.2) is 35.7 Å². The molecule has 0 atom stereocenters. The van der Waals surface area contributed by atoms with Gasteiger partial charge < -0.3 is 10.4 Å². The predicted octanol–water partition coefficient (Wildman–Crippen LogP) is 3.23. The summed E-state index contributed by atoms with van der Waals surface area (Å²) in [6.07, 6.45) is 1.13. The van der Waals surface area contributed by atoms with Crippen LogP contribution in [0.4, 0.5) is 0 Å². The SMILES string of the molecule is CCc1ccsc1CNCc1ccccc1CC(=O)O. The minimum Gasteiger partial charge on any atom is -0.481 e. The number of carbonyl (C=O) groups is 1. The maximum Gasteiger partial charge on any atom is 0.307 e. The average Bonchev–Trinajstić information content (AvgIpc) is 2.87. The van der Waals surface area contributed by atoms with E-state index >= 15 is 0 Å². The third-order valence-electron chi connectivity index (χ3n) is 3.28. The van der Waals surface area contributed by atoms with E-state index in [0.717, 1.165) is 24.1 Å². The molecule has 2 aromatic rings. The van der Waals surface area contributed by atoms with Crippen molar-refractivity contribution in [1.82, 2.24) is 5.32 Å². The second-order valence-corrected chi connectivity index (χ2v) is 5.67. The maximum absolute atomic E-state index is 10.8. The number of thiophene rings is 1. The van der Waals surface area contributed by atoms with Gasteiger partial charge in [0.25, 0.3) is 0 Å². The van der Waals surface area contributed by atoms with E-state index in [-0.39, 0.29) is 6.42 Å². The van der Waals surface area contributed by atoms with Crippen molar-refractivity contribution in [3.8, 4) is 0 Å². The van der Waals surface area contributed by atoms with Gasteiger partial charge >= 0.3 is 5.97 Å². The van der Waals surface area contributed by atoms with Crippen molar-refractivity contribution < 1.29 is 9.90 Å². The number of carboxylic acid groups (broad SMARTS) is 1.